The van der Waals surface area contributed by atoms with Crippen LogP contribution in [0.2, 0.25) is 0 Å². The van der Waals surface area contributed by atoms with Crippen LogP contribution in [-0.2, 0) is 0 Å². The minimum Gasteiger partial charge on any atom is -0.396 e. The van der Waals surface area contributed by atoms with Crippen molar-refractivity contribution < 1.29 is 5.11 Å². The summed E-state index contributed by atoms with van der Waals surface area (Å²) < 4.78 is 0. The molecular formula is C12H25NOS. The molecule has 3 heteroatoms. The number of hydrogen-bond donors (Lipinski definition) is 2. The van der Waals surface area contributed by atoms with E-state index in [1.54, 1.807) is 0 Å². The first-order valence-corrected chi connectivity index (χ1v) is 7.39. The van der Waals surface area contributed by atoms with Gasteiger partial charge in [0.15, 0.2) is 0 Å². The predicted octanol–water partition coefficient (Wildman–Crippen LogP) is 2.41. The molecule has 0 aromatic rings. The van der Waals surface area contributed by atoms with E-state index in [-0.39, 0.29) is 0 Å². The average molecular weight is 231 g/mol. The number of hydrogen-bond acceptors (Lipinski definition) is 3. The number of nitrogens with one attached hydrogen (secondary N) is 1. The zero-order valence-electron chi connectivity index (χ0n) is 9.87. The summed E-state index contributed by atoms with van der Waals surface area (Å²) in [5, 5.41) is 13.2. The van der Waals surface area contributed by atoms with Gasteiger partial charge in [0.2, 0.25) is 0 Å². The van der Waals surface area contributed by atoms with E-state index in [0.29, 0.717) is 6.61 Å². The Balaban J connectivity index is 2.03. The molecule has 2 nitrogen and oxygen atoms in total. The molecule has 0 spiro atoms. The Bertz CT molecular complexity index is 155. The van der Waals surface area contributed by atoms with E-state index in [2.05, 4.69) is 24.0 Å². The van der Waals surface area contributed by atoms with E-state index < -0.39 is 0 Å². The van der Waals surface area contributed by atoms with Crippen LogP contribution in [0.25, 0.3) is 0 Å². The molecular weight excluding hydrogens is 206 g/mol. The van der Waals surface area contributed by atoms with Gasteiger partial charge in [-0.1, -0.05) is 13.3 Å². The molecule has 0 aromatic carbocycles. The van der Waals surface area contributed by atoms with Crippen molar-refractivity contribution in [2.45, 2.75) is 56.7 Å². The van der Waals surface area contributed by atoms with E-state index in [4.69, 9.17) is 5.11 Å². The first kappa shape index (κ1) is 13.3. The molecule has 2 unspecified atom stereocenters. The fraction of sp³-hybridized carbons (Fsp3) is 1.00. The molecule has 0 aliphatic heterocycles. The lowest BCUT2D eigenvalue weighted by atomic mass is 10.2. The first-order valence-electron chi connectivity index (χ1n) is 6.34. The lowest BCUT2D eigenvalue weighted by Crippen LogP contribution is -2.34. The lowest BCUT2D eigenvalue weighted by Gasteiger charge is -2.20. The molecule has 2 atom stereocenters. The summed E-state index contributed by atoms with van der Waals surface area (Å²) >= 11 is 2.11. The van der Waals surface area contributed by atoms with Crippen LogP contribution in [0.15, 0.2) is 0 Å². The van der Waals surface area contributed by atoms with Crippen molar-refractivity contribution in [3.63, 3.8) is 0 Å². The summed E-state index contributed by atoms with van der Waals surface area (Å²) in [4.78, 5) is 0. The third kappa shape index (κ3) is 5.23. The Labute approximate surface area is 98.2 Å². The van der Waals surface area contributed by atoms with Crippen molar-refractivity contribution in [3.8, 4) is 0 Å². The SMILES string of the molecule is CCSC1CCCC1NCCCCCO. The quantitative estimate of drug-likeness (QED) is 0.629. The van der Waals surface area contributed by atoms with Crippen molar-refractivity contribution in [3.05, 3.63) is 0 Å². The van der Waals surface area contributed by atoms with Crippen LogP contribution in [0.1, 0.15) is 45.4 Å². The average Bonchev–Trinajstić information content (AvgIpc) is 2.66. The molecule has 1 fully saturated rings. The summed E-state index contributed by atoms with van der Waals surface area (Å²) in [6.45, 7) is 3.73. The highest BCUT2D eigenvalue weighted by molar-refractivity contribution is 7.99. The van der Waals surface area contributed by atoms with Gasteiger partial charge in [0.05, 0.1) is 0 Å². The smallest absolute Gasteiger partial charge is 0.0431 e. The van der Waals surface area contributed by atoms with Gasteiger partial charge < -0.3 is 10.4 Å². The van der Waals surface area contributed by atoms with Crippen molar-refractivity contribution in [1.29, 1.82) is 0 Å². The Morgan fingerprint density at radius 3 is 2.87 bits per heavy atom. The third-order valence-electron chi connectivity index (χ3n) is 3.07. The summed E-state index contributed by atoms with van der Waals surface area (Å²) in [5.41, 5.74) is 0. The summed E-state index contributed by atoms with van der Waals surface area (Å²) in [5.74, 6) is 1.24. The minimum absolute atomic E-state index is 0.345. The van der Waals surface area contributed by atoms with E-state index in [1.807, 2.05) is 0 Å². The molecule has 1 rings (SSSR count). The van der Waals surface area contributed by atoms with Crippen LogP contribution >= 0.6 is 11.8 Å². The number of aliphatic hydroxyl groups excluding tert-OH is 1. The second-order valence-electron chi connectivity index (χ2n) is 4.27. The monoisotopic (exact) mass is 231 g/mol. The standard InChI is InChI=1S/C12H25NOS/c1-2-15-12-8-6-7-11(12)13-9-4-3-5-10-14/h11-14H,2-10H2,1H3. The van der Waals surface area contributed by atoms with Crippen molar-refractivity contribution in [2.75, 3.05) is 18.9 Å². The Morgan fingerprint density at radius 1 is 1.27 bits per heavy atom. The van der Waals surface area contributed by atoms with Gasteiger partial charge in [-0.3, -0.25) is 0 Å². The molecule has 0 aromatic heterocycles. The van der Waals surface area contributed by atoms with Gasteiger partial charge in [-0.05, 0) is 44.4 Å². The fourth-order valence-corrected chi connectivity index (χ4v) is 3.50. The first-order chi connectivity index (χ1) is 7.38. The van der Waals surface area contributed by atoms with Crippen LogP contribution in [0, 0.1) is 0 Å². The summed E-state index contributed by atoms with van der Waals surface area (Å²) in [6, 6.07) is 0.754. The second-order valence-corrected chi connectivity index (χ2v) is 5.79. The maximum atomic E-state index is 8.67. The molecule has 0 radical (unpaired) electrons. The van der Waals surface area contributed by atoms with E-state index in [0.717, 1.165) is 30.7 Å². The van der Waals surface area contributed by atoms with Crippen LogP contribution in [0.4, 0.5) is 0 Å². The summed E-state index contributed by atoms with van der Waals surface area (Å²) in [7, 11) is 0. The van der Waals surface area contributed by atoms with E-state index >= 15 is 0 Å². The number of rotatable bonds is 8. The van der Waals surface area contributed by atoms with Crippen LogP contribution in [-0.4, -0.2) is 35.3 Å². The molecule has 1 aliphatic rings. The molecule has 0 amide bonds. The second kappa shape index (κ2) is 8.43. The van der Waals surface area contributed by atoms with Gasteiger partial charge in [0.25, 0.3) is 0 Å². The molecule has 90 valence electrons. The van der Waals surface area contributed by atoms with Crippen molar-refractivity contribution in [2.24, 2.45) is 0 Å². The number of unbranched alkanes of at least 4 members (excludes halogenated alkanes) is 2. The van der Waals surface area contributed by atoms with Crippen molar-refractivity contribution >= 4 is 11.8 Å². The zero-order valence-corrected chi connectivity index (χ0v) is 10.7. The lowest BCUT2D eigenvalue weighted by molar-refractivity contribution is 0.282. The predicted molar refractivity (Wildman–Crippen MR) is 68.5 cm³/mol. The molecule has 0 saturated heterocycles. The van der Waals surface area contributed by atoms with Gasteiger partial charge in [-0.2, -0.15) is 11.8 Å². The van der Waals surface area contributed by atoms with Gasteiger partial charge in [0.1, 0.15) is 0 Å². The minimum atomic E-state index is 0.345. The van der Waals surface area contributed by atoms with Crippen LogP contribution in [0.3, 0.4) is 0 Å². The largest absolute Gasteiger partial charge is 0.396 e. The van der Waals surface area contributed by atoms with Gasteiger partial charge >= 0.3 is 0 Å². The van der Waals surface area contributed by atoms with Gasteiger partial charge in [0, 0.05) is 17.9 Å². The molecule has 0 bridgehead atoms. The zero-order chi connectivity index (χ0) is 10.9. The third-order valence-corrected chi connectivity index (χ3v) is 4.40. The maximum absolute atomic E-state index is 8.67. The maximum Gasteiger partial charge on any atom is 0.0431 e. The molecule has 2 N–H and O–H groups in total. The number of aliphatic hydroxyl groups is 1. The highest BCUT2D eigenvalue weighted by atomic mass is 32.2. The summed E-state index contributed by atoms with van der Waals surface area (Å²) in [6.07, 6.45) is 7.47. The molecule has 15 heavy (non-hydrogen) atoms. The van der Waals surface area contributed by atoms with Gasteiger partial charge in [-0.25, -0.2) is 0 Å². The Morgan fingerprint density at radius 2 is 2.13 bits per heavy atom. The topological polar surface area (TPSA) is 32.3 Å². The van der Waals surface area contributed by atoms with E-state index in [9.17, 15) is 0 Å². The molecule has 1 saturated carbocycles. The number of thioether (sulfide) groups is 1. The molecule has 0 heterocycles. The Kier molecular flexibility index (Phi) is 7.49. The van der Waals surface area contributed by atoms with E-state index in [1.165, 1.54) is 31.4 Å². The van der Waals surface area contributed by atoms with Crippen LogP contribution < -0.4 is 5.32 Å². The molecule has 1 aliphatic carbocycles. The fourth-order valence-electron chi connectivity index (χ4n) is 2.27. The van der Waals surface area contributed by atoms with Crippen LogP contribution in [0.5, 0.6) is 0 Å². The highest BCUT2D eigenvalue weighted by Gasteiger charge is 2.25. The highest BCUT2D eigenvalue weighted by Crippen LogP contribution is 2.29. The van der Waals surface area contributed by atoms with Gasteiger partial charge in [-0.15, -0.1) is 0 Å². The normalized spacial score (nSPS) is 26.0. The Hall–Kier alpha value is 0.270. The van der Waals surface area contributed by atoms with Crippen molar-refractivity contribution in [1.82, 2.24) is 5.32 Å².